The highest BCUT2D eigenvalue weighted by molar-refractivity contribution is 7.59. The average molecular weight is 362 g/mol. The number of rotatable bonds is 3. The largest absolute Gasteiger partial charge is 0.673 e. The molecule has 7 heteroatoms. The van der Waals surface area contributed by atoms with E-state index in [1.165, 1.54) is 11.1 Å². The zero-order chi connectivity index (χ0) is 18.5. The minimum atomic E-state index is -6.00. The molecule has 2 rings (SSSR count). The number of hydrogen-bond donors (Lipinski definition) is 0. The van der Waals surface area contributed by atoms with Crippen molar-refractivity contribution in [3.63, 3.8) is 0 Å². The second-order valence-electron chi connectivity index (χ2n) is 5.72. The van der Waals surface area contributed by atoms with Gasteiger partial charge in [0.15, 0.2) is 4.90 Å². The van der Waals surface area contributed by atoms with E-state index in [1.54, 1.807) is 0 Å². The Kier molecular flexibility index (Phi) is 7.33. The van der Waals surface area contributed by atoms with Crippen LogP contribution in [-0.2, 0) is 19.3 Å². The maximum atomic E-state index is 13.1. The molecule has 0 atom stereocenters. The normalized spacial score (nSPS) is 11.2. The Morgan fingerprint density at radius 3 is 2.04 bits per heavy atom. The van der Waals surface area contributed by atoms with Crippen LogP contribution in [0.15, 0.2) is 41.3 Å². The van der Waals surface area contributed by atoms with Crippen LogP contribution in [0.25, 0.3) is 11.1 Å². The predicted octanol–water partition coefficient (Wildman–Crippen LogP) is 5.93. The summed E-state index contributed by atoms with van der Waals surface area (Å²) in [4.78, 5) is 0.862. The summed E-state index contributed by atoms with van der Waals surface area (Å²) in [6, 6.07) is 12.3. The number of aryl methyl sites for hydroxylation is 1. The van der Waals surface area contributed by atoms with Gasteiger partial charge >= 0.3 is 7.25 Å². The van der Waals surface area contributed by atoms with Crippen LogP contribution in [0, 0.1) is 6.92 Å². The summed E-state index contributed by atoms with van der Waals surface area (Å²) in [6.07, 6.45) is 0. The van der Waals surface area contributed by atoms with Gasteiger partial charge in [-0.3, -0.25) is 0 Å². The van der Waals surface area contributed by atoms with Crippen molar-refractivity contribution in [1.29, 1.82) is 0 Å². The van der Waals surface area contributed by atoms with Crippen molar-refractivity contribution in [2.45, 2.75) is 38.3 Å². The van der Waals surface area contributed by atoms with E-state index in [9.17, 15) is 21.7 Å². The maximum absolute atomic E-state index is 13.1. The second kappa shape index (κ2) is 8.56. The van der Waals surface area contributed by atoms with Crippen molar-refractivity contribution in [3.05, 3.63) is 53.1 Å². The van der Waals surface area contributed by atoms with Gasteiger partial charge < -0.3 is 17.3 Å². The van der Waals surface area contributed by atoms with Crippen molar-refractivity contribution < 1.29 is 21.7 Å². The third kappa shape index (κ3) is 6.19. The highest BCUT2D eigenvalue weighted by Gasteiger charge is 2.20. The lowest BCUT2D eigenvalue weighted by Crippen LogP contribution is -2.02. The summed E-state index contributed by atoms with van der Waals surface area (Å²) in [5.41, 5.74) is 5.35. The number of benzene rings is 2. The Morgan fingerprint density at radius 2 is 1.54 bits per heavy atom. The minimum absolute atomic E-state index is 0.441. The van der Waals surface area contributed by atoms with Gasteiger partial charge in [0.2, 0.25) is 0 Å². The van der Waals surface area contributed by atoms with Gasteiger partial charge in [-0.1, -0.05) is 38.1 Å². The molecule has 0 unspecified atom stereocenters. The van der Waals surface area contributed by atoms with Crippen molar-refractivity contribution in [1.82, 2.24) is 0 Å². The van der Waals surface area contributed by atoms with E-state index in [1.807, 2.05) is 19.1 Å². The summed E-state index contributed by atoms with van der Waals surface area (Å²) < 4.78 is 52.1. The standard InChI is InChI=1S/C17H19FS.BF4/c1-11(2)14-6-4-5-7-15(14)16-9-12(3)8-13(10-18)17(16)19;2-1(3,4)5/h4-9,11,19H,10H2,1-3H3;/q;-1/p+1. The fourth-order valence-electron chi connectivity index (χ4n) is 2.43. The summed E-state index contributed by atoms with van der Waals surface area (Å²) in [5.74, 6) is 0.441. The minimum Gasteiger partial charge on any atom is -0.418 e. The molecule has 0 fully saturated rings. The Hall–Kier alpha value is -1.50. The quantitative estimate of drug-likeness (QED) is 0.361. The van der Waals surface area contributed by atoms with Crippen LogP contribution in [0.5, 0.6) is 0 Å². The number of alkyl halides is 1. The molecule has 0 nitrogen and oxygen atoms in total. The first-order valence-corrected chi connectivity index (χ1v) is 7.92. The van der Waals surface area contributed by atoms with Crippen LogP contribution in [-0.4, -0.2) is 7.25 Å². The lowest BCUT2D eigenvalue weighted by molar-refractivity contribution is 0.368. The molecule has 0 amide bonds. The van der Waals surface area contributed by atoms with Gasteiger partial charge in [-0.05, 0) is 54.3 Å². The van der Waals surface area contributed by atoms with E-state index < -0.39 is 13.9 Å². The molecule has 0 heterocycles. The Labute approximate surface area is 144 Å². The van der Waals surface area contributed by atoms with Gasteiger partial charge in [0, 0.05) is 11.1 Å². The third-order valence-corrected chi connectivity index (χ3v) is 3.97. The van der Waals surface area contributed by atoms with Crippen LogP contribution >= 0.6 is 0 Å². The molecule has 0 saturated heterocycles. The zero-order valence-electron chi connectivity index (χ0n) is 13.7. The van der Waals surface area contributed by atoms with Gasteiger partial charge in [-0.25, -0.2) is 4.39 Å². The molecule has 24 heavy (non-hydrogen) atoms. The molecule has 2 aromatic rings. The van der Waals surface area contributed by atoms with Crippen LogP contribution in [0.1, 0.15) is 36.5 Å². The zero-order valence-corrected chi connectivity index (χ0v) is 14.7. The lowest BCUT2D eigenvalue weighted by Gasteiger charge is -2.14. The van der Waals surface area contributed by atoms with Crippen molar-refractivity contribution in [2.75, 3.05) is 0 Å². The summed E-state index contributed by atoms with van der Waals surface area (Å²) in [6.45, 7) is 5.92. The van der Waals surface area contributed by atoms with Crippen molar-refractivity contribution in [3.8, 4) is 11.1 Å². The predicted molar refractivity (Wildman–Crippen MR) is 94.1 cm³/mol. The third-order valence-electron chi connectivity index (χ3n) is 3.38. The van der Waals surface area contributed by atoms with E-state index in [2.05, 4.69) is 50.7 Å². The fraction of sp³-hybridized carbons (Fsp3) is 0.294. The topological polar surface area (TPSA) is 0 Å². The highest BCUT2D eigenvalue weighted by atomic mass is 32.1. The lowest BCUT2D eigenvalue weighted by atomic mass is 9.91. The summed E-state index contributed by atoms with van der Waals surface area (Å²) in [7, 11) is -6.00. The van der Waals surface area contributed by atoms with Gasteiger partial charge in [-0.15, -0.1) is 0 Å². The van der Waals surface area contributed by atoms with Crippen molar-refractivity contribution >= 4 is 19.9 Å². The Balaban J connectivity index is 0.000000505. The molecule has 0 N–H and O–H groups in total. The molecule has 0 aromatic heterocycles. The van der Waals surface area contributed by atoms with E-state index in [-0.39, 0.29) is 0 Å². The van der Waals surface area contributed by atoms with E-state index in [0.29, 0.717) is 11.5 Å². The van der Waals surface area contributed by atoms with E-state index in [4.69, 9.17) is 0 Å². The Bertz CT molecular complexity index is 677. The molecular weight excluding hydrogens is 342 g/mol. The van der Waals surface area contributed by atoms with E-state index in [0.717, 1.165) is 16.0 Å². The van der Waals surface area contributed by atoms with Gasteiger partial charge in [-0.2, -0.15) is 0 Å². The van der Waals surface area contributed by atoms with Crippen molar-refractivity contribution in [2.24, 2.45) is 0 Å². The summed E-state index contributed by atoms with van der Waals surface area (Å²) >= 11 is 3.61. The first-order chi connectivity index (χ1) is 11.0. The van der Waals surface area contributed by atoms with E-state index >= 15 is 0 Å². The molecule has 0 aliphatic heterocycles. The maximum Gasteiger partial charge on any atom is 0.673 e. The van der Waals surface area contributed by atoms with Gasteiger partial charge in [0.1, 0.15) is 6.67 Å². The first kappa shape index (κ1) is 20.5. The molecule has 0 aliphatic rings. The van der Waals surface area contributed by atoms with Crippen LogP contribution in [0.4, 0.5) is 21.7 Å². The smallest absolute Gasteiger partial charge is 0.418 e. The van der Waals surface area contributed by atoms with Gasteiger partial charge in [0.05, 0.1) is 0 Å². The molecule has 0 aliphatic carbocycles. The van der Waals surface area contributed by atoms with Crippen LogP contribution in [0.3, 0.4) is 0 Å². The molecule has 2 aromatic carbocycles. The molecular formula is C17H20BF5S. The number of hydrogen-bond acceptors (Lipinski definition) is 0. The second-order valence-corrected chi connectivity index (χ2v) is 6.22. The monoisotopic (exact) mass is 362 g/mol. The molecule has 0 spiro atoms. The molecule has 0 bridgehead atoms. The van der Waals surface area contributed by atoms with Gasteiger partial charge in [0.25, 0.3) is 0 Å². The van der Waals surface area contributed by atoms with Crippen LogP contribution in [0.2, 0.25) is 0 Å². The molecule has 0 radical (unpaired) electrons. The molecule has 0 saturated carbocycles. The Morgan fingerprint density at radius 1 is 1.00 bits per heavy atom. The average Bonchev–Trinajstić information content (AvgIpc) is 2.47. The molecule has 132 valence electrons. The summed E-state index contributed by atoms with van der Waals surface area (Å²) in [5, 5.41) is 0. The first-order valence-electron chi connectivity index (χ1n) is 7.42. The number of halogens is 5. The highest BCUT2D eigenvalue weighted by Crippen LogP contribution is 2.33. The van der Waals surface area contributed by atoms with Crippen LogP contribution < -0.4 is 0 Å². The fourth-order valence-corrected chi connectivity index (χ4v) is 2.77. The SMILES string of the molecule is Cc1cc(CF)c([SH2+])c(-c2ccccc2C(C)C)c1.F[B-](F)(F)F.